The second-order valence-corrected chi connectivity index (χ2v) is 3.71. The van der Waals surface area contributed by atoms with Gasteiger partial charge < -0.3 is 14.8 Å². The van der Waals surface area contributed by atoms with Gasteiger partial charge in [-0.25, -0.2) is 0 Å². The highest BCUT2D eigenvalue weighted by molar-refractivity contribution is 5.21. The Hall–Kier alpha value is -1.58. The second kappa shape index (κ2) is 5.49. The molecule has 0 saturated carbocycles. The van der Waals surface area contributed by atoms with Crippen LogP contribution in [0.4, 0.5) is 0 Å². The molecule has 1 heterocycles. The topological polar surface area (TPSA) is 45.4 Å². The SMILES string of the molecule is OCc1ccc(CNCc2ccoc2)cc1. The molecule has 16 heavy (non-hydrogen) atoms. The summed E-state index contributed by atoms with van der Waals surface area (Å²) in [5, 5.41) is 12.2. The molecule has 0 bridgehead atoms. The van der Waals surface area contributed by atoms with Crippen molar-refractivity contribution < 1.29 is 9.52 Å². The second-order valence-electron chi connectivity index (χ2n) is 3.71. The van der Waals surface area contributed by atoms with Gasteiger partial charge in [0.25, 0.3) is 0 Å². The van der Waals surface area contributed by atoms with E-state index in [4.69, 9.17) is 9.52 Å². The van der Waals surface area contributed by atoms with Gasteiger partial charge in [0, 0.05) is 18.7 Å². The predicted octanol–water partition coefficient (Wildman–Crippen LogP) is 2.06. The van der Waals surface area contributed by atoms with Crippen molar-refractivity contribution in [3.8, 4) is 0 Å². The molecule has 2 aromatic rings. The molecule has 84 valence electrons. The van der Waals surface area contributed by atoms with Crippen molar-refractivity contribution in [2.24, 2.45) is 0 Å². The molecule has 0 fully saturated rings. The van der Waals surface area contributed by atoms with Crippen LogP contribution in [0.1, 0.15) is 16.7 Å². The smallest absolute Gasteiger partial charge is 0.0947 e. The molecule has 2 rings (SSSR count). The third-order valence-corrected chi connectivity index (χ3v) is 2.44. The van der Waals surface area contributed by atoms with Crippen LogP contribution < -0.4 is 5.32 Å². The van der Waals surface area contributed by atoms with Gasteiger partial charge in [-0.15, -0.1) is 0 Å². The Kier molecular flexibility index (Phi) is 3.75. The average molecular weight is 217 g/mol. The fourth-order valence-corrected chi connectivity index (χ4v) is 1.51. The first kappa shape index (κ1) is 10.9. The van der Waals surface area contributed by atoms with Crippen LogP contribution in [0.5, 0.6) is 0 Å². The molecular formula is C13H15NO2. The predicted molar refractivity (Wildman–Crippen MR) is 61.6 cm³/mol. The summed E-state index contributed by atoms with van der Waals surface area (Å²) in [4.78, 5) is 0. The first-order valence-corrected chi connectivity index (χ1v) is 5.29. The Morgan fingerprint density at radius 3 is 2.25 bits per heavy atom. The van der Waals surface area contributed by atoms with E-state index in [1.807, 2.05) is 30.3 Å². The Balaban J connectivity index is 1.81. The van der Waals surface area contributed by atoms with E-state index in [2.05, 4.69) is 5.32 Å². The Bertz CT molecular complexity index is 406. The van der Waals surface area contributed by atoms with E-state index >= 15 is 0 Å². The van der Waals surface area contributed by atoms with E-state index in [9.17, 15) is 0 Å². The molecule has 0 saturated heterocycles. The van der Waals surface area contributed by atoms with Crippen molar-refractivity contribution in [1.29, 1.82) is 0 Å². The van der Waals surface area contributed by atoms with Crippen LogP contribution in [-0.2, 0) is 19.7 Å². The number of furan rings is 1. The summed E-state index contributed by atoms with van der Waals surface area (Å²) < 4.78 is 4.98. The number of aliphatic hydroxyl groups is 1. The Morgan fingerprint density at radius 2 is 1.62 bits per heavy atom. The van der Waals surface area contributed by atoms with Gasteiger partial charge in [-0.05, 0) is 17.2 Å². The average Bonchev–Trinajstić information content (AvgIpc) is 2.83. The molecule has 3 nitrogen and oxygen atoms in total. The van der Waals surface area contributed by atoms with Crippen molar-refractivity contribution in [3.05, 3.63) is 59.5 Å². The lowest BCUT2D eigenvalue weighted by Crippen LogP contribution is -2.11. The molecule has 1 aromatic heterocycles. The van der Waals surface area contributed by atoms with Crippen LogP contribution in [0.25, 0.3) is 0 Å². The molecular weight excluding hydrogens is 202 g/mol. The lowest BCUT2D eigenvalue weighted by Gasteiger charge is -2.04. The maximum Gasteiger partial charge on any atom is 0.0947 e. The Labute approximate surface area is 94.7 Å². The van der Waals surface area contributed by atoms with Crippen LogP contribution in [0.2, 0.25) is 0 Å². The van der Waals surface area contributed by atoms with Crippen molar-refractivity contribution in [1.82, 2.24) is 5.32 Å². The van der Waals surface area contributed by atoms with Crippen molar-refractivity contribution >= 4 is 0 Å². The van der Waals surface area contributed by atoms with Gasteiger partial charge in [0.05, 0.1) is 19.1 Å². The highest BCUT2D eigenvalue weighted by Crippen LogP contribution is 2.05. The largest absolute Gasteiger partial charge is 0.472 e. The molecule has 3 heteroatoms. The van der Waals surface area contributed by atoms with E-state index in [0.29, 0.717) is 0 Å². The number of hydrogen-bond acceptors (Lipinski definition) is 3. The molecule has 0 unspecified atom stereocenters. The number of benzene rings is 1. The van der Waals surface area contributed by atoms with Crippen LogP contribution in [-0.4, -0.2) is 5.11 Å². The zero-order valence-corrected chi connectivity index (χ0v) is 9.02. The third kappa shape index (κ3) is 2.95. The van der Waals surface area contributed by atoms with E-state index < -0.39 is 0 Å². The Morgan fingerprint density at radius 1 is 0.938 bits per heavy atom. The number of aliphatic hydroxyl groups excluding tert-OH is 1. The third-order valence-electron chi connectivity index (χ3n) is 2.44. The van der Waals surface area contributed by atoms with Gasteiger partial charge in [0.15, 0.2) is 0 Å². The molecule has 1 aromatic carbocycles. The number of hydrogen-bond donors (Lipinski definition) is 2. The first-order chi connectivity index (χ1) is 7.88. The molecule has 0 aliphatic heterocycles. The number of rotatable bonds is 5. The maximum absolute atomic E-state index is 8.90. The summed E-state index contributed by atoms with van der Waals surface area (Å²) >= 11 is 0. The van der Waals surface area contributed by atoms with Crippen molar-refractivity contribution in [2.75, 3.05) is 0 Å². The summed E-state index contributed by atoms with van der Waals surface area (Å²) in [5.41, 5.74) is 3.30. The zero-order valence-electron chi connectivity index (χ0n) is 9.02. The van der Waals surface area contributed by atoms with E-state index in [0.717, 1.165) is 24.2 Å². The molecule has 2 N–H and O–H groups in total. The maximum atomic E-state index is 8.90. The summed E-state index contributed by atoms with van der Waals surface area (Å²) in [6.07, 6.45) is 3.41. The summed E-state index contributed by atoms with van der Waals surface area (Å²) in [6.45, 7) is 1.72. The summed E-state index contributed by atoms with van der Waals surface area (Å²) in [6, 6.07) is 9.87. The summed E-state index contributed by atoms with van der Waals surface area (Å²) in [5.74, 6) is 0. The fraction of sp³-hybridized carbons (Fsp3) is 0.231. The van der Waals surface area contributed by atoms with Gasteiger partial charge in [-0.3, -0.25) is 0 Å². The quantitative estimate of drug-likeness (QED) is 0.805. The minimum Gasteiger partial charge on any atom is -0.472 e. The van der Waals surface area contributed by atoms with E-state index in [-0.39, 0.29) is 6.61 Å². The zero-order chi connectivity index (χ0) is 11.2. The molecule has 0 aliphatic carbocycles. The monoisotopic (exact) mass is 217 g/mol. The van der Waals surface area contributed by atoms with Gasteiger partial charge in [0.2, 0.25) is 0 Å². The van der Waals surface area contributed by atoms with Gasteiger partial charge >= 0.3 is 0 Å². The molecule has 0 spiro atoms. The van der Waals surface area contributed by atoms with Gasteiger partial charge in [-0.1, -0.05) is 24.3 Å². The van der Waals surface area contributed by atoms with Crippen molar-refractivity contribution in [3.63, 3.8) is 0 Å². The van der Waals surface area contributed by atoms with Crippen LogP contribution in [0, 0.1) is 0 Å². The first-order valence-electron chi connectivity index (χ1n) is 5.29. The van der Waals surface area contributed by atoms with E-state index in [1.54, 1.807) is 12.5 Å². The highest BCUT2D eigenvalue weighted by atomic mass is 16.3. The molecule has 0 radical (unpaired) electrons. The fourth-order valence-electron chi connectivity index (χ4n) is 1.51. The molecule has 0 amide bonds. The minimum atomic E-state index is 0.0999. The normalized spacial score (nSPS) is 10.6. The van der Waals surface area contributed by atoms with Crippen LogP contribution in [0.3, 0.4) is 0 Å². The number of nitrogens with one attached hydrogen (secondary N) is 1. The van der Waals surface area contributed by atoms with Crippen molar-refractivity contribution in [2.45, 2.75) is 19.7 Å². The molecule has 0 aliphatic rings. The van der Waals surface area contributed by atoms with Crippen LogP contribution >= 0.6 is 0 Å². The minimum absolute atomic E-state index is 0.0999. The lowest BCUT2D eigenvalue weighted by atomic mass is 10.1. The lowest BCUT2D eigenvalue weighted by molar-refractivity contribution is 0.282. The van der Waals surface area contributed by atoms with E-state index in [1.165, 1.54) is 5.56 Å². The highest BCUT2D eigenvalue weighted by Gasteiger charge is 1.95. The van der Waals surface area contributed by atoms with Gasteiger partial charge in [0.1, 0.15) is 0 Å². The standard InChI is InChI=1S/C13H15NO2/c15-9-12-3-1-11(2-4-12)7-14-8-13-5-6-16-10-13/h1-6,10,14-15H,7-9H2. The van der Waals surface area contributed by atoms with Gasteiger partial charge in [-0.2, -0.15) is 0 Å². The summed E-state index contributed by atoms with van der Waals surface area (Å²) in [7, 11) is 0. The molecule has 0 atom stereocenters. The van der Waals surface area contributed by atoms with Crippen LogP contribution in [0.15, 0.2) is 47.3 Å².